The van der Waals surface area contributed by atoms with Crippen molar-refractivity contribution in [3.05, 3.63) is 22.3 Å². The minimum Gasteiger partial charge on any atom is -0.355 e. The smallest absolute Gasteiger partial charge is 0.142 e. The molecular formula is C13H18BrClN2. The average molecular weight is 318 g/mol. The van der Waals surface area contributed by atoms with Crippen LogP contribution in [0.4, 0.5) is 5.82 Å². The van der Waals surface area contributed by atoms with Crippen LogP contribution >= 0.6 is 27.5 Å². The van der Waals surface area contributed by atoms with Crippen LogP contribution in [-0.4, -0.2) is 24.0 Å². The van der Waals surface area contributed by atoms with Gasteiger partial charge in [-0.15, -0.1) is 11.6 Å². The minimum absolute atomic E-state index is 0.719. The lowest BCUT2D eigenvalue weighted by atomic mass is 9.95. The van der Waals surface area contributed by atoms with E-state index >= 15 is 0 Å². The van der Waals surface area contributed by atoms with Crippen LogP contribution in [0.5, 0.6) is 0 Å². The van der Waals surface area contributed by atoms with E-state index in [0.29, 0.717) is 0 Å². The molecule has 94 valence electrons. The number of nitrogens with zero attached hydrogens (tertiary/aromatic N) is 2. The van der Waals surface area contributed by atoms with E-state index in [2.05, 4.69) is 38.8 Å². The average Bonchev–Trinajstić information content (AvgIpc) is 2.29. The topological polar surface area (TPSA) is 16.1 Å². The van der Waals surface area contributed by atoms with Crippen molar-refractivity contribution >= 4 is 33.3 Å². The van der Waals surface area contributed by atoms with E-state index in [0.717, 1.165) is 41.6 Å². The van der Waals surface area contributed by atoms with Crippen LogP contribution in [0.3, 0.4) is 0 Å². The maximum Gasteiger partial charge on any atom is 0.142 e. The number of alkyl halides is 1. The molecule has 1 fully saturated rings. The van der Waals surface area contributed by atoms with Crippen LogP contribution in [0.25, 0.3) is 0 Å². The number of halogens is 2. The van der Waals surface area contributed by atoms with Crippen LogP contribution < -0.4 is 4.90 Å². The van der Waals surface area contributed by atoms with E-state index in [4.69, 9.17) is 11.6 Å². The lowest BCUT2D eigenvalue weighted by molar-refractivity contribution is 0.404. The maximum absolute atomic E-state index is 5.84. The summed E-state index contributed by atoms with van der Waals surface area (Å²) >= 11 is 9.45. The Balaban J connectivity index is 2.10. The largest absolute Gasteiger partial charge is 0.355 e. The van der Waals surface area contributed by atoms with E-state index in [1.165, 1.54) is 18.4 Å². The Morgan fingerprint density at radius 3 is 3.12 bits per heavy atom. The standard InChI is InChI=1S/C13H18BrClN2/c1-10-7-12(14)13(16-8-10)17-6-2-3-11(9-17)4-5-15/h7-8,11H,2-6,9H2,1H3. The summed E-state index contributed by atoms with van der Waals surface area (Å²) in [6.07, 6.45) is 5.59. The van der Waals surface area contributed by atoms with Crippen LogP contribution in [0.1, 0.15) is 24.8 Å². The van der Waals surface area contributed by atoms with Gasteiger partial charge in [0.25, 0.3) is 0 Å². The Hall–Kier alpha value is -0.280. The van der Waals surface area contributed by atoms with Crippen LogP contribution in [0.15, 0.2) is 16.7 Å². The minimum atomic E-state index is 0.719. The van der Waals surface area contributed by atoms with Gasteiger partial charge in [0.1, 0.15) is 5.82 Å². The quantitative estimate of drug-likeness (QED) is 0.783. The molecule has 0 saturated carbocycles. The van der Waals surface area contributed by atoms with Gasteiger partial charge in [-0.05, 0) is 59.7 Å². The van der Waals surface area contributed by atoms with Gasteiger partial charge in [0, 0.05) is 25.2 Å². The monoisotopic (exact) mass is 316 g/mol. The fourth-order valence-electron chi connectivity index (χ4n) is 2.41. The first-order valence-corrected chi connectivity index (χ1v) is 7.46. The van der Waals surface area contributed by atoms with E-state index < -0.39 is 0 Å². The highest BCUT2D eigenvalue weighted by atomic mass is 79.9. The van der Waals surface area contributed by atoms with Crippen LogP contribution in [-0.2, 0) is 0 Å². The Morgan fingerprint density at radius 2 is 2.41 bits per heavy atom. The van der Waals surface area contributed by atoms with Crippen molar-refractivity contribution in [3.8, 4) is 0 Å². The number of hydrogen-bond donors (Lipinski definition) is 0. The molecule has 0 spiro atoms. The summed E-state index contributed by atoms with van der Waals surface area (Å²) in [7, 11) is 0. The van der Waals surface area contributed by atoms with Gasteiger partial charge in [-0.1, -0.05) is 0 Å². The predicted molar refractivity (Wildman–Crippen MR) is 76.9 cm³/mol. The lowest BCUT2D eigenvalue weighted by Crippen LogP contribution is -2.36. The molecule has 1 saturated heterocycles. The van der Waals surface area contributed by atoms with E-state index in [1.807, 2.05) is 6.20 Å². The molecular weight excluding hydrogens is 300 g/mol. The first kappa shape index (κ1) is 13.2. The van der Waals surface area contributed by atoms with Crippen molar-refractivity contribution in [3.63, 3.8) is 0 Å². The zero-order valence-electron chi connectivity index (χ0n) is 10.1. The van der Waals surface area contributed by atoms with E-state index in [1.54, 1.807) is 0 Å². The summed E-state index contributed by atoms with van der Waals surface area (Å²) in [5.74, 6) is 2.56. The molecule has 2 heterocycles. The Labute approximate surface area is 116 Å². The van der Waals surface area contributed by atoms with E-state index in [9.17, 15) is 0 Å². The molecule has 4 heteroatoms. The number of pyridine rings is 1. The molecule has 1 aliphatic rings. The van der Waals surface area contributed by atoms with Crippen molar-refractivity contribution in [1.29, 1.82) is 0 Å². The molecule has 0 radical (unpaired) electrons. The van der Waals surface area contributed by atoms with Gasteiger partial charge in [0.05, 0.1) is 4.47 Å². The Bertz CT molecular complexity index is 382. The van der Waals surface area contributed by atoms with Gasteiger partial charge in [0.15, 0.2) is 0 Å². The summed E-state index contributed by atoms with van der Waals surface area (Å²) in [5.41, 5.74) is 1.19. The van der Waals surface area contributed by atoms with Crippen molar-refractivity contribution in [2.24, 2.45) is 5.92 Å². The summed E-state index contributed by atoms with van der Waals surface area (Å²) in [5, 5.41) is 0. The lowest BCUT2D eigenvalue weighted by Gasteiger charge is -2.34. The highest BCUT2D eigenvalue weighted by molar-refractivity contribution is 9.10. The number of aromatic nitrogens is 1. The third kappa shape index (κ3) is 3.35. The Kier molecular flexibility index (Phi) is 4.69. The molecule has 1 atom stereocenters. The van der Waals surface area contributed by atoms with Crippen molar-refractivity contribution in [2.75, 3.05) is 23.9 Å². The zero-order valence-corrected chi connectivity index (χ0v) is 12.5. The van der Waals surface area contributed by atoms with Gasteiger partial charge < -0.3 is 4.90 Å². The molecule has 2 rings (SSSR count). The fourth-order valence-corrected chi connectivity index (χ4v) is 3.43. The van der Waals surface area contributed by atoms with Gasteiger partial charge in [-0.3, -0.25) is 0 Å². The second kappa shape index (κ2) is 6.05. The summed E-state index contributed by atoms with van der Waals surface area (Å²) in [6, 6.07) is 2.13. The molecule has 1 aliphatic heterocycles. The van der Waals surface area contributed by atoms with Crippen molar-refractivity contribution in [2.45, 2.75) is 26.2 Å². The molecule has 2 nitrogen and oxygen atoms in total. The fraction of sp³-hybridized carbons (Fsp3) is 0.615. The highest BCUT2D eigenvalue weighted by Gasteiger charge is 2.21. The number of rotatable bonds is 3. The molecule has 0 aliphatic carbocycles. The normalized spacial score (nSPS) is 20.6. The maximum atomic E-state index is 5.84. The molecule has 1 aromatic heterocycles. The van der Waals surface area contributed by atoms with Crippen molar-refractivity contribution < 1.29 is 0 Å². The number of anilines is 1. The third-order valence-corrected chi connectivity index (χ3v) is 4.10. The number of aryl methyl sites for hydroxylation is 1. The van der Waals surface area contributed by atoms with Crippen LogP contribution in [0.2, 0.25) is 0 Å². The zero-order chi connectivity index (χ0) is 12.3. The van der Waals surface area contributed by atoms with Gasteiger partial charge >= 0.3 is 0 Å². The molecule has 17 heavy (non-hydrogen) atoms. The second-order valence-corrected chi connectivity index (χ2v) is 5.98. The van der Waals surface area contributed by atoms with Crippen LogP contribution in [0, 0.1) is 12.8 Å². The van der Waals surface area contributed by atoms with E-state index in [-0.39, 0.29) is 0 Å². The van der Waals surface area contributed by atoms with Crippen molar-refractivity contribution in [1.82, 2.24) is 4.98 Å². The SMILES string of the molecule is Cc1cnc(N2CCCC(CCCl)C2)c(Br)c1. The first-order valence-electron chi connectivity index (χ1n) is 6.13. The summed E-state index contributed by atoms with van der Waals surface area (Å²) in [4.78, 5) is 6.92. The second-order valence-electron chi connectivity index (χ2n) is 4.75. The van der Waals surface area contributed by atoms with Gasteiger partial charge in [0.2, 0.25) is 0 Å². The molecule has 1 unspecified atom stereocenters. The molecule has 0 aromatic carbocycles. The first-order chi connectivity index (χ1) is 8.20. The highest BCUT2D eigenvalue weighted by Crippen LogP contribution is 2.29. The predicted octanol–water partition coefficient (Wildman–Crippen LogP) is 4.00. The summed E-state index contributed by atoms with van der Waals surface area (Å²) in [6.45, 7) is 4.25. The molecule has 0 bridgehead atoms. The number of piperidine rings is 1. The molecule has 0 amide bonds. The molecule has 0 N–H and O–H groups in total. The number of hydrogen-bond acceptors (Lipinski definition) is 2. The van der Waals surface area contributed by atoms with Gasteiger partial charge in [-0.2, -0.15) is 0 Å². The summed E-state index contributed by atoms with van der Waals surface area (Å²) < 4.78 is 1.10. The molecule has 1 aromatic rings. The van der Waals surface area contributed by atoms with Gasteiger partial charge in [-0.25, -0.2) is 4.98 Å². The Morgan fingerprint density at radius 1 is 1.59 bits per heavy atom. The third-order valence-electron chi connectivity index (χ3n) is 3.29.